The molecule has 1 atom stereocenters. The molecule has 25 heavy (non-hydrogen) atoms. The molecule has 1 fully saturated rings. The van der Waals surface area contributed by atoms with Gasteiger partial charge in [0.1, 0.15) is 6.04 Å². The predicted molar refractivity (Wildman–Crippen MR) is 92.5 cm³/mol. The molecule has 1 unspecified atom stereocenters. The molecule has 0 aliphatic carbocycles. The number of halogens is 4. The Morgan fingerprint density at radius 1 is 1.32 bits per heavy atom. The maximum absolute atomic E-state index is 12.8. The average molecular weight is 378 g/mol. The van der Waals surface area contributed by atoms with Crippen LogP contribution in [0.5, 0.6) is 0 Å². The smallest absolute Gasteiger partial charge is 0.372 e. The average Bonchev–Trinajstić information content (AvgIpc) is 2.52. The van der Waals surface area contributed by atoms with Crippen molar-refractivity contribution in [2.24, 2.45) is 11.7 Å². The summed E-state index contributed by atoms with van der Waals surface area (Å²) in [5, 5.41) is 2.95. The van der Waals surface area contributed by atoms with Crippen LogP contribution in [-0.2, 0) is 11.0 Å². The van der Waals surface area contributed by atoms with Crippen LogP contribution in [-0.4, -0.2) is 36.0 Å². The highest BCUT2D eigenvalue weighted by atomic mass is 35.5. The molecule has 8 heteroatoms. The number of carbonyl (C=O) groups is 1. The number of rotatable bonds is 4. The van der Waals surface area contributed by atoms with E-state index in [1.54, 1.807) is 4.90 Å². The molecule has 1 saturated heterocycles. The minimum Gasteiger partial charge on any atom is -0.372 e. The third-order valence-electron chi connectivity index (χ3n) is 4.39. The number of hydrogen-bond donors (Lipinski definition) is 2. The lowest BCUT2D eigenvalue weighted by Crippen LogP contribution is -2.50. The van der Waals surface area contributed by atoms with Crippen molar-refractivity contribution in [1.82, 2.24) is 4.90 Å². The largest absolute Gasteiger partial charge is 0.416 e. The fourth-order valence-corrected chi connectivity index (χ4v) is 3.04. The van der Waals surface area contributed by atoms with Crippen molar-refractivity contribution >= 4 is 23.2 Å². The lowest BCUT2D eigenvalue weighted by atomic mass is 9.99. The Balaban J connectivity index is 2.15. The Morgan fingerprint density at radius 3 is 2.40 bits per heavy atom. The van der Waals surface area contributed by atoms with E-state index >= 15 is 0 Å². The van der Waals surface area contributed by atoms with E-state index in [1.165, 1.54) is 6.07 Å². The molecule has 1 aliphatic heterocycles. The number of carbonyl (C=O) groups excluding carboxylic acids is 1. The molecule has 0 spiro atoms. The van der Waals surface area contributed by atoms with Crippen molar-refractivity contribution in [3.8, 4) is 0 Å². The second kappa shape index (κ2) is 7.83. The first-order valence-corrected chi connectivity index (χ1v) is 8.65. The first-order valence-electron chi connectivity index (χ1n) is 8.27. The molecular formula is C17H23ClF3N3O. The van der Waals surface area contributed by atoms with Gasteiger partial charge in [-0.3, -0.25) is 4.79 Å². The zero-order valence-corrected chi connectivity index (χ0v) is 15.0. The summed E-state index contributed by atoms with van der Waals surface area (Å²) < 4.78 is 38.2. The molecule has 1 heterocycles. The number of hydrogen-bond acceptors (Lipinski definition) is 3. The molecule has 2 rings (SSSR count). The quantitative estimate of drug-likeness (QED) is 0.840. The van der Waals surface area contributed by atoms with E-state index in [9.17, 15) is 18.0 Å². The van der Waals surface area contributed by atoms with Crippen LogP contribution >= 0.6 is 11.6 Å². The molecule has 1 aromatic carbocycles. The van der Waals surface area contributed by atoms with Gasteiger partial charge in [-0.1, -0.05) is 25.4 Å². The van der Waals surface area contributed by atoms with Crippen LogP contribution in [0.2, 0.25) is 5.02 Å². The van der Waals surface area contributed by atoms with Gasteiger partial charge in [0.15, 0.2) is 0 Å². The van der Waals surface area contributed by atoms with Crippen molar-refractivity contribution in [3.63, 3.8) is 0 Å². The van der Waals surface area contributed by atoms with Gasteiger partial charge < -0.3 is 16.0 Å². The SMILES string of the molecule is CC(C)C(Nc1ccc(C(F)(F)F)cc1Cl)C(=O)N1CCC(N)CC1. The summed E-state index contributed by atoms with van der Waals surface area (Å²) in [6.45, 7) is 4.93. The Morgan fingerprint density at radius 2 is 1.92 bits per heavy atom. The second-order valence-electron chi connectivity index (χ2n) is 6.72. The maximum atomic E-state index is 12.8. The standard InChI is InChI=1S/C17H23ClF3N3O/c1-10(2)15(16(25)24-7-5-12(22)6-8-24)23-14-4-3-11(9-13(14)18)17(19,20)21/h3-4,9-10,12,15,23H,5-8,22H2,1-2H3. The molecule has 0 bridgehead atoms. The highest BCUT2D eigenvalue weighted by Gasteiger charge is 2.32. The zero-order chi connectivity index (χ0) is 18.8. The Hall–Kier alpha value is -1.47. The van der Waals surface area contributed by atoms with Crippen molar-refractivity contribution in [2.75, 3.05) is 18.4 Å². The van der Waals surface area contributed by atoms with Crippen molar-refractivity contribution < 1.29 is 18.0 Å². The van der Waals surface area contributed by atoms with Gasteiger partial charge in [-0.05, 0) is 37.0 Å². The third-order valence-corrected chi connectivity index (χ3v) is 4.70. The van der Waals surface area contributed by atoms with Gasteiger partial charge in [-0.2, -0.15) is 13.2 Å². The highest BCUT2D eigenvalue weighted by Crippen LogP contribution is 2.34. The number of piperidine rings is 1. The van der Waals surface area contributed by atoms with Crippen molar-refractivity contribution in [2.45, 2.75) is 44.9 Å². The summed E-state index contributed by atoms with van der Waals surface area (Å²) in [5.41, 5.74) is 5.36. The van der Waals surface area contributed by atoms with E-state index in [2.05, 4.69) is 5.32 Å². The van der Waals surface area contributed by atoms with E-state index < -0.39 is 17.8 Å². The Labute approximate surface area is 150 Å². The number of nitrogens with zero attached hydrogens (tertiary/aromatic N) is 1. The fraction of sp³-hybridized carbons (Fsp3) is 0.588. The minimum absolute atomic E-state index is 0.0542. The fourth-order valence-electron chi connectivity index (χ4n) is 2.81. The summed E-state index contributed by atoms with van der Waals surface area (Å²) in [6.07, 6.45) is -2.96. The van der Waals surface area contributed by atoms with E-state index in [0.717, 1.165) is 25.0 Å². The zero-order valence-electron chi connectivity index (χ0n) is 14.2. The van der Waals surface area contributed by atoms with Gasteiger partial charge in [0.25, 0.3) is 0 Å². The molecule has 0 aromatic heterocycles. The molecule has 1 aliphatic rings. The predicted octanol–water partition coefficient (Wildman–Crippen LogP) is 3.75. The van der Waals surface area contributed by atoms with Crippen LogP contribution in [0.25, 0.3) is 0 Å². The van der Waals surface area contributed by atoms with Gasteiger partial charge in [0.05, 0.1) is 16.3 Å². The normalized spacial score (nSPS) is 17.7. The topological polar surface area (TPSA) is 58.4 Å². The van der Waals surface area contributed by atoms with E-state index in [1.807, 2.05) is 13.8 Å². The molecule has 0 saturated carbocycles. The molecule has 3 N–H and O–H groups in total. The second-order valence-corrected chi connectivity index (χ2v) is 7.13. The molecule has 4 nitrogen and oxygen atoms in total. The van der Waals surface area contributed by atoms with Gasteiger partial charge in [0, 0.05) is 19.1 Å². The van der Waals surface area contributed by atoms with Crippen LogP contribution in [0.1, 0.15) is 32.3 Å². The first kappa shape index (κ1) is 19.8. The van der Waals surface area contributed by atoms with E-state index in [0.29, 0.717) is 18.8 Å². The number of benzene rings is 1. The van der Waals surface area contributed by atoms with E-state index in [-0.39, 0.29) is 22.9 Å². The van der Waals surface area contributed by atoms with Gasteiger partial charge in [-0.25, -0.2) is 0 Å². The molecule has 1 amide bonds. The van der Waals surface area contributed by atoms with Crippen LogP contribution in [0.15, 0.2) is 18.2 Å². The number of amides is 1. The van der Waals surface area contributed by atoms with Crippen molar-refractivity contribution in [1.29, 1.82) is 0 Å². The number of nitrogens with two attached hydrogens (primary N) is 1. The summed E-state index contributed by atoms with van der Waals surface area (Å²) in [5.74, 6) is -0.140. The van der Waals surface area contributed by atoms with Gasteiger partial charge in [0.2, 0.25) is 5.91 Å². The Kier molecular flexibility index (Phi) is 6.21. The number of nitrogens with one attached hydrogen (secondary N) is 1. The lowest BCUT2D eigenvalue weighted by molar-refractivity contribution is -0.137. The van der Waals surface area contributed by atoms with Crippen LogP contribution in [0.3, 0.4) is 0 Å². The molecule has 1 aromatic rings. The van der Waals surface area contributed by atoms with E-state index in [4.69, 9.17) is 17.3 Å². The third kappa shape index (κ3) is 5.01. The number of anilines is 1. The number of alkyl halides is 3. The summed E-state index contributed by atoms with van der Waals surface area (Å²) in [7, 11) is 0. The minimum atomic E-state index is -4.46. The van der Waals surface area contributed by atoms with Crippen molar-refractivity contribution in [3.05, 3.63) is 28.8 Å². The maximum Gasteiger partial charge on any atom is 0.416 e. The van der Waals surface area contributed by atoms with Gasteiger partial charge >= 0.3 is 6.18 Å². The molecule has 140 valence electrons. The number of likely N-dealkylation sites (tertiary alicyclic amines) is 1. The molecule has 0 radical (unpaired) electrons. The first-order chi connectivity index (χ1) is 11.6. The monoisotopic (exact) mass is 377 g/mol. The summed E-state index contributed by atoms with van der Waals surface area (Å²) >= 11 is 5.99. The lowest BCUT2D eigenvalue weighted by Gasteiger charge is -2.34. The Bertz CT molecular complexity index is 614. The molecular weight excluding hydrogens is 355 g/mol. The van der Waals surface area contributed by atoms with Gasteiger partial charge in [-0.15, -0.1) is 0 Å². The van der Waals surface area contributed by atoms with Crippen LogP contribution in [0, 0.1) is 5.92 Å². The van der Waals surface area contributed by atoms with Crippen LogP contribution < -0.4 is 11.1 Å². The van der Waals surface area contributed by atoms with Crippen LogP contribution in [0.4, 0.5) is 18.9 Å². The summed E-state index contributed by atoms with van der Waals surface area (Å²) in [4.78, 5) is 14.5. The summed E-state index contributed by atoms with van der Waals surface area (Å²) in [6, 6.07) is 2.63. The highest BCUT2D eigenvalue weighted by molar-refractivity contribution is 6.33.